The first-order chi connectivity index (χ1) is 19.0. The number of carbonyl (C=O) groups is 1. The average Bonchev–Trinajstić information content (AvgIpc) is 3.59. The van der Waals surface area contributed by atoms with Crippen LogP contribution in [0.1, 0.15) is 32.7 Å². The predicted molar refractivity (Wildman–Crippen MR) is 149 cm³/mol. The quantitative estimate of drug-likeness (QED) is 0.423. The number of nitrogens with zero attached hydrogens (tertiary/aromatic N) is 7. The summed E-state index contributed by atoms with van der Waals surface area (Å²) >= 11 is 0. The highest BCUT2D eigenvalue weighted by Crippen LogP contribution is 2.38. The van der Waals surface area contributed by atoms with Crippen molar-refractivity contribution in [1.29, 1.82) is 0 Å². The summed E-state index contributed by atoms with van der Waals surface area (Å²) in [5.74, 6) is 0.420. The SMILES string of the molecule is COC(=O)N1C[C@@H](C)N(c2cccc(-c3cc(-c4ccnn4C4CCOCC4)c4c(N)ncnn34)c2)[C@@H](C)C1. The first-order valence-corrected chi connectivity index (χ1v) is 13.4. The lowest BCUT2D eigenvalue weighted by molar-refractivity contribution is 0.0667. The van der Waals surface area contributed by atoms with Crippen molar-refractivity contribution in [2.24, 2.45) is 0 Å². The van der Waals surface area contributed by atoms with Gasteiger partial charge in [0.2, 0.25) is 0 Å². The van der Waals surface area contributed by atoms with E-state index in [-0.39, 0.29) is 24.2 Å². The zero-order valence-electron chi connectivity index (χ0n) is 22.5. The Labute approximate surface area is 227 Å². The number of hydrogen-bond donors (Lipinski definition) is 1. The van der Waals surface area contributed by atoms with Crippen LogP contribution in [0.15, 0.2) is 48.9 Å². The Hall–Kier alpha value is -4.12. The minimum atomic E-state index is -0.286. The molecule has 204 valence electrons. The van der Waals surface area contributed by atoms with Crippen LogP contribution in [0.5, 0.6) is 0 Å². The third-order valence-electron chi connectivity index (χ3n) is 7.86. The average molecular weight is 531 g/mol. The number of carbonyl (C=O) groups excluding carboxylic acids is 1. The van der Waals surface area contributed by atoms with Crippen molar-refractivity contribution < 1.29 is 14.3 Å². The number of aromatic nitrogens is 5. The molecular formula is C28H34N8O3. The molecule has 4 aromatic rings. The molecule has 0 spiro atoms. The lowest BCUT2D eigenvalue weighted by atomic mass is 10.0. The third-order valence-corrected chi connectivity index (χ3v) is 7.86. The molecule has 5 heterocycles. The van der Waals surface area contributed by atoms with Gasteiger partial charge in [-0.15, -0.1) is 0 Å². The second-order valence-electron chi connectivity index (χ2n) is 10.4. The van der Waals surface area contributed by atoms with Crippen LogP contribution in [0, 0.1) is 0 Å². The lowest BCUT2D eigenvalue weighted by Gasteiger charge is -2.45. The van der Waals surface area contributed by atoms with Gasteiger partial charge in [-0.2, -0.15) is 10.2 Å². The zero-order valence-corrected chi connectivity index (χ0v) is 22.5. The molecule has 6 rings (SSSR count). The van der Waals surface area contributed by atoms with E-state index in [4.69, 9.17) is 15.2 Å². The van der Waals surface area contributed by atoms with Gasteiger partial charge in [-0.1, -0.05) is 12.1 Å². The molecule has 2 atom stereocenters. The second-order valence-corrected chi connectivity index (χ2v) is 10.4. The number of amides is 1. The van der Waals surface area contributed by atoms with E-state index in [0.717, 1.165) is 59.8 Å². The number of nitrogens with two attached hydrogens (primary N) is 1. The van der Waals surface area contributed by atoms with Crippen LogP contribution in [0.4, 0.5) is 16.3 Å². The molecule has 0 aliphatic carbocycles. The summed E-state index contributed by atoms with van der Waals surface area (Å²) in [6, 6.07) is 13.1. The molecule has 39 heavy (non-hydrogen) atoms. The smallest absolute Gasteiger partial charge is 0.409 e. The van der Waals surface area contributed by atoms with E-state index in [1.165, 1.54) is 13.4 Å². The van der Waals surface area contributed by atoms with Crippen molar-refractivity contribution in [3.05, 3.63) is 48.9 Å². The number of nitrogen functional groups attached to an aromatic ring is 1. The molecule has 2 N–H and O–H groups in total. The van der Waals surface area contributed by atoms with Crippen LogP contribution in [0.2, 0.25) is 0 Å². The summed E-state index contributed by atoms with van der Waals surface area (Å²) in [5.41, 5.74) is 12.2. The second kappa shape index (κ2) is 10.2. The van der Waals surface area contributed by atoms with Crippen LogP contribution in [-0.4, -0.2) is 80.9 Å². The maximum Gasteiger partial charge on any atom is 0.409 e. The maximum atomic E-state index is 12.2. The highest BCUT2D eigenvalue weighted by molar-refractivity contribution is 5.91. The molecule has 0 bridgehead atoms. The van der Waals surface area contributed by atoms with E-state index in [1.54, 1.807) is 4.90 Å². The van der Waals surface area contributed by atoms with Gasteiger partial charge in [-0.3, -0.25) is 4.68 Å². The van der Waals surface area contributed by atoms with Gasteiger partial charge in [0.15, 0.2) is 5.82 Å². The fourth-order valence-electron chi connectivity index (χ4n) is 6.15. The van der Waals surface area contributed by atoms with Crippen LogP contribution >= 0.6 is 0 Å². The summed E-state index contributed by atoms with van der Waals surface area (Å²) < 4.78 is 14.5. The Kier molecular flexibility index (Phi) is 6.59. The lowest BCUT2D eigenvalue weighted by Crippen LogP contribution is -2.58. The third kappa shape index (κ3) is 4.46. The topological polar surface area (TPSA) is 116 Å². The largest absolute Gasteiger partial charge is 0.453 e. The highest BCUT2D eigenvalue weighted by atomic mass is 16.5. The van der Waals surface area contributed by atoms with Crippen molar-refractivity contribution in [2.45, 2.75) is 44.8 Å². The zero-order chi connectivity index (χ0) is 27.1. The number of ether oxygens (including phenoxy) is 2. The number of piperazine rings is 1. The molecule has 11 nitrogen and oxygen atoms in total. The van der Waals surface area contributed by atoms with Crippen molar-refractivity contribution in [2.75, 3.05) is 44.0 Å². The Balaban J connectivity index is 1.40. The fourth-order valence-corrected chi connectivity index (χ4v) is 6.15. The molecule has 1 aromatic carbocycles. The highest BCUT2D eigenvalue weighted by Gasteiger charge is 2.33. The standard InChI is InChI=1S/C28H34N8O3/c1-18-15-33(28(37)38-3)16-19(2)34(18)22-6-4-5-20(13-22)25-14-23(26-27(29)30-17-32-36(25)26)24-7-10-31-35(24)21-8-11-39-12-9-21/h4-7,10,13-14,17-19,21H,8-9,11-12,15-16H2,1-3H3,(H2,29,30,32)/t18-,19+. The Morgan fingerprint density at radius 1 is 1.05 bits per heavy atom. The van der Waals surface area contributed by atoms with E-state index >= 15 is 0 Å². The predicted octanol–water partition coefficient (Wildman–Crippen LogP) is 3.86. The van der Waals surface area contributed by atoms with Gasteiger partial charge in [0.1, 0.15) is 11.8 Å². The van der Waals surface area contributed by atoms with E-state index in [0.29, 0.717) is 18.9 Å². The minimum absolute atomic E-state index is 0.120. The molecule has 0 radical (unpaired) electrons. The van der Waals surface area contributed by atoms with Gasteiger partial charge in [-0.25, -0.2) is 14.3 Å². The van der Waals surface area contributed by atoms with Gasteiger partial charge in [0, 0.05) is 61.4 Å². The molecule has 2 fully saturated rings. The van der Waals surface area contributed by atoms with E-state index in [1.807, 2.05) is 16.8 Å². The molecule has 2 aliphatic heterocycles. The molecule has 0 saturated carbocycles. The number of fused-ring (bicyclic) bond motifs is 1. The van der Waals surface area contributed by atoms with Crippen molar-refractivity contribution in [3.63, 3.8) is 0 Å². The van der Waals surface area contributed by atoms with Crippen LogP contribution < -0.4 is 10.6 Å². The van der Waals surface area contributed by atoms with Gasteiger partial charge in [0.05, 0.1) is 24.5 Å². The number of anilines is 2. The summed E-state index contributed by atoms with van der Waals surface area (Å²) in [7, 11) is 1.43. The summed E-state index contributed by atoms with van der Waals surface area (Å²) in [5, 5.41) is 9.28. The van der Waals surface area contributed by atoms with E-state index in [9.17, 15) is 4.79 Å². The van der Waals surface area contributed by atoms with Crippen LogP contribution in [-0.2, 0) is 9.47 Å². The Bertz CT molecular complexity index is 1480. The fraction of sp³-hybridized carbons (Fsp3) is 0.429. The van der Waals surface area contributed by atoms with Crippen LogP contribution in [0.3, 0.4) is 0 Å². The molecule has 11 heteroatoms. The van der Waals surface area contributed by atoms with Crippen molar-refractivity contribution >= 4 is 23.1 Å². The van der Waals surface area contributed by atoms with Crippen molar-refractivity contribution in [1.82, 2.24) is 29.3 Å². The summed E-state index contributed by atoms with van der Waals surface area (Å²) in [6.45, 7) is 6.92. The molecule has 1 amide bonds. The van der Waals surface area contributed by atoms with E-state index < -0.39 is 0 Å². The first kappa shape index (κ1) is 25.2. The summed E-state index contributed by atoms with van der Waals surface area (Å²) in [6.07, 6.45) is 4.88. The molecule has 0 unspecified atom stereocenters. The first-order valence-electron chi connectivity index (χ1n) is 13.4. The molecular weight excluding hydrogens is 496 g/mol. The molecule has 2 saturated heterocycles. The minimum Gasteiger partial charge on any atom is -0.453 e. The summed E-state index contributed by atoms with van der Waals surface area (Å²) in [4.78, 5) is 20.6. The van der Waals surface area contributed by atoms with Gasteiger partial charge < -0.3 is 25.0 Å². The van der Waals surface area contributed by atoms with Crippen molar-refractivity contribution in [3.8, 4) is 22.5 Å². The monoisotopic (exact) mass is 530 g/mol. The normalized spacial score (nSPS) is 20.5. The number of methoxy groups -OCH3 is 1. The molecule has 3 aromatic heterocycles. The van der Waals surface area contributed by atoms with Gasteiger partial charge in [-0.05, 0) is 51.0 Å². The maximum absolute atomic E-state index is 12.2. The Morgan fingerprint density at radius 2 is 1.82 bits per heavy atom. The van der Waals surface area contributed by atoms with Gasteiger partial charge >= 0.3 is 6.09 Å². The van der Waals surface area contributed by atoms with Crippen LogP contribution in [0.25, 0.3) is 28.0 Å². The molecule has 2 aliphatic rings. The Morgan fingerprint density at radius 3 is 2.56 bits per heavy atom. The number of rotatable bonds is 4. The number of benzene rings is 1. The van der Waals surface area contributed by atoms with E-state index in [2.05, 4.69) is 68.9 Å². The number of hydrogen-bond acceptors (Lipinski definition) is 8. The van der Waals surface area contributed by atoms with Gasteiger partial charge in [0.25, 0.3) is 0 Å².